The third-order valence-electron chi connectivity index (χ3n) is 6.79. The first kappa shape index (κ1) is 28.3. The molecule has 1 unspecified atom stereocenters. The minimum absolute atomic E-state index is 0.134. The molecule has 1 aromatic heterocycles. The van der Waals surface area contributed by atoms with E-state index in [4.69, 9.17) is 4.74 Å². The van der Waals surface area contributed by atoms with Crippen LogP contribution in [0.25, 0.3) is 5.76 Å². The number of ether oxygens (including phenoxy) is 1. The summed E-state index contributed by atoms with van der Waals surface area (Å²) in [5.41, 5.74) is 2.69. The highest BCUT2D eigenvalue weighted by Gasteiger charge is 2.48. The minimum Gasteiger partial charge on any atom is -0.507 e. The standard InChI is InChI=1S/C33H24FN3O4S2/c34-25-16-14-23(15-17-25)29(38)27-28(24-12-7-13-26(18-24)41-19-21-8-3-1-4-9-21)37(31(40)30(27)39)32-35-36-33(43-32)42-20-22-10-5-2-6-11-22/h1-18,28,38H,19-20H2/b29-27+. The van der Waals surface area contributed by atoms with Gasteiger partial charge in [-0.1, -0.05) is 95.9 Å². The second-order valence-corrected chi connectivity index (χ2v) is 11.8. The SMILES string of the molecule is O=C1C(=O)N(c2nnc(SCc3ccccc3)s2)C(c2cccc(OCc3ccccc3)c2)/C1=C(\O)c1ccc(F)cc1. The van der Waals surface area contributed by atoms with E-state index in [1.165, 1.54) is 52.3 Å². The van der Waals surface area contributed by atoms with Crippen molar-refractivity contribution in [3.63, 3.8) is 0 Å². The third kappa shape index (κ3) is 6.20. The molecule has 1 aliphatic heterocycles. The van der Waals surface area contributed by atoms with E-state index in [0.717, 1.165) is 11.1 Å². The van der Waals surface area contributed by atoms with Crippen LogP contribution in [0.1, 0.15) is 28.3 Å². The Morgan fingerprint density at radius 2 is 1.58 bits per heavy atom. The van der Waals surface area contributed by atoms with Gasteiger partial charge in [0.2, 0.25) is 5.13 Å². The van der Waals surface area contributed by atoms with Crippen molar-refractivity contribution >= 4 is 45.7 Å². The lowest BCUT2D eigenvalue weighted by atomic mass is 9.95. The van der Waals surface area contributed by atoms with Gasteiger partial charge in [-0.3, -0.25) is 14.5 Å². The first-order chi connectivity index (χ1) is 21.0. The van der Waals surface area contributed by atoms with Crippen LogP contribution in [0.15, 0.2) is 119 Å². The van der Waals surface area contributed by atoms with Crippen LogP contribution in [0.3, 0.4) is 0 Å². The summed E-state index contributed by atoms with van der Waals surface area (Å²) in [6, 6.07) is 30.6. The lowest BCUT2D eigenvalue weighted by Crippen LogP contribution is -2.29. The van der Waals surface area contributed by atoms with Crippen molar-refractivity contribution in [1.29, 1.82) is 0 Å². The zero-order valence-electron chi connectivity index (χ0n) is 22.6. The third-order valence-corrected chi connectivity index (χ3v) is 8.92. The lowest BCUT2D eigenvalue weighted by Gasteiger charge is -2.23. The van der Waals surface area contributed by atoms with E-state index in [1.807, 2.05) is 60.7 Å². The number of amides is 1. The number of rotatable bonds is 9. The smallest absolute Gasteiger partial charge is 0.301 e. The number of Topliss-reactive ketones (excluding diaryl/α,β-unsaturated/α-hetero) is 1. The number of ketones is 1. The molecular formula is C33H24FN3O4S2. The molecule has 0 spiro atoms. The number of carbonyl (C=O) groups excluding carboxylic acids is 2. The van der Waals surface area contributed by atoms with Gasteiger partial charge in [0, 0.05) is 11.3 Å². The van der Waals surface area contributed by atoms with Crippen molar-refractivity contribution in [2.45, 2.75) is 22.7 Å². The van der Waals surface area contributed by atoms with Gasteiger partial charge in [0.15, 0.2) is 4.34 Å². The number of halogens is 1. The first-order valence-corrected chi connectivity index (χ1v) is 15.1. The zero-order valence-corrected chi connectivity index (χ0v) is 24.2. The maximum atomic E-state index is 13.6. The molecule has 6 rings (SSSR count). The Labute approximate surface area is 255 Å². The molecule has 2 heterocycles. The number of hydrogen-bond donors (Lipinski definition) is 1. The Hall–Kier alpha value is -4.80. The molecular weight excluding hydrogens is 586 g/mol. The summed E-state index contributed by atoms with van der Waals surface area (Å²) < 4.78 is 20.3. The van der Waals surface area contributed by atoms with Crippen molar-refractivity contribution < 1.29 is 23.8 Å². The summed E-state index contributed by atoms with van der Waals surface area (Å²) >= 11 is 2.65. The monoisotopic (exact) mass is 609 g/mol. The Bertz CT molecular complexity index is 1790. The molecule has 0 saturated carbocycles. The minimum atomic E-state index is -1.02. The van der Waals surface area contributed by atoms with Crippen molar-refractivity contribution in [3.8, 4) is 5.75 Å². The fourth-order valence-electron chi connectivity index (χ4n) is 4.70. The number of aliphatic hydroxyl groups excluding tert-OH is 1. The summed E-state index contributed by atoms with van der Waals surface area (Å²) in [5.74, 6) is -1.46. The van der Waals surface area contributed by atoms with E-state index >= 15 is 0 Å². The number of anilines is 1. The van der Waals surface area contributed by atoms with Gasteiger partial charge in [-0.2, -0.15) is 0 Å². The largest absolute Gasteiger partial charge is 0.507 e. The molecule has 0 aliphatic carbocycles. The van der Waals surface area contributed by atoms with Gasteiger partial charge in [-0.15, -0.1) is 10.2 Å². The van der Waals surface area contributed by atoms with Gasteiger partial charge in [0.1, 0.15) is 23.9 Å². The summed E-state index contributed by atoms with van der Waals surface area (Å²) in [4.78, 5) is 28.3. The molecule has 1 saturated heterocycles. The molecule has 7 nitrogen and oxygen atoms in total. The van der Waals surface area contributed by atoms with E-state index in [0.29, 0.717) is 28.0 Å². The maximum absolute atomic E-state index is 13.6. The van der Waals surface area contributed by atoms with E-state index < -0.39 is 29.3 Å². The molecule has 5 aromatic rings. The average molecular weight is 610 g/mol. The second kappa shape index (κ2) is 12.6. The molecule has 1 aliphatic rings. The first-order valence-electron chi connectivity index (χ1n) is 13.3. The van der Waals surface area contributed by atoms with Gasteiger partial charge >= 0.3 is 5.91 Å². The topological polar surface area (TPSA) is 92.6 Å². The van der Waals surface area contributed by atoms with Crippen LogP contribution >= 0.6 is 23.1 Å². The summed E-state index contributed by atoms with van der Waals surface area (Å²) in [6.07, 6.45) is 0. The van der Waals surface area contributed by atoms with E-state index in [9.17, 15) is 19.1 Å². The fraction of sp³-hybridized carbons (Fsp3) is 0.0909. The van der Waals surface area contributed by atoms with Crippen LogP contribution in [0.4, 0.5) is 9.52 Å². The van der Waals surface area contributed by atoms with E-state index in [-0.39, 0.29) is 16.3 Å². The quantitative estimate of drug-likeness (QED) is 0.0623. The summed E-state index contributed by atoms with van der Waals surface area (Å²) in [6.45, 7) is 0.318. The number of nitrogens with zero attached hydrogens (tertiary/aromatic N) is 3. The molecule has 1 N–H and O–H groups in total. The lowest BCUT2D eigenvalue weighted by molar-refractivity contribution is -0.132. The van der Waals surface area contributed by atoms with Crippen LogP contribution in [0, 0.1) is 5.82 Å². The molecule has 0 bridgehead atoms. The predicted octanol–water partition coefficient (Wildman–Crippen LogP) is 7.17. The maximum Gasteiger partial charge on any atom is 0.301 e. The molecule has 1 fully saturated rings. The molecule has 10 heteroatoms. The van der Waals surface area contributed by atoms with Crippen LogP contribution in [0.2, 0.25) is 0 Å². The van der Waals surface area contributed by atoms with Gasteiger partial charge in [-0.25, -0.2) is 4.39 Å². The summed E-state index contributed by atoms with van der Waals surface area (Å²) in [7, 11) is 0. The van der Waals surface area contributed by atoms with Gasteiger partial charge < -0.3 is 9.84 Å². The summed E-state index contributed by atoms with van der Waals surface area (Å²) in [5, 5.41) is 20.1. The van der Waals surface area contributed by atoms with Crippen molar-refractivity contribution in [2.24, 2.45) is 0 Å². The number of thioether (sulfide) groups is 1. The van der Waals surface area contributed by atoms with Crippen LogP contribution in [0.5, 0.6) is 5.75 Å². The van der Waals surface area contributed by atoms with E-state index in [2.05, 4.69) is 10.2 Å². The predicted molar refractivity (Wildman–Crippen MR) is 164 cm³/mol. The number of aromatic nitrogens is 2. The highest BCUT2D eigenvalue weighted by Crippen LogP contribution is 2.44. The fourth-order valence-corrected chi connectivity index (χ4v) is 6.52. The molecule has 1 amide bonds. The van der Waals surface area contributed by atoms with Crippen molar-refractivity contribution in [3.05, 3.63) is 143 Å². The highest BCUT2D eigenvalue weighted by atomic mass is 32.2. The van der Waals surface area contributed by atoms with Gasteiger partial charge in [0.25, 0.3) is 5.78 Å². The molecule has 0 radical (unpaired) electrons. The van der Waals surface area contributed by atoms with Crippen LogP contribution in [-0.2, 0) is 21.9 Å². The molecule has 1 atom stereocenters. The number of benzene rings is 4. The highest BCUT2D eigenvalue weighted by molar-refractivity contribution is 8.00. The van der Waals surface area contributed by atoms with Gasteiger partial charge in [-0.05, 0) is 53.1 Å². The van der Waals surface area contributed by atoms with Crippen LogP contribution < -0.4 is 9.64 Å². The average Bonchev–Trinajstić information content (AvgIpc) is 3.62. The van der Waals surface area contributed by atoms with E-state index in [1.54, 1.807) is 24.3 Å². The molecule has 43 heavy (non-hydrogen) atoms. The Morgan fingerprint density at radius 3 is 2.30 bits per heavy atom. The Kier molecular flexibility index (Phi) is 8.30. The number of carbonyl (C=O) groups is 2. The Morgan fingerprint density at radius 1 is 0.884 bits per heavy atom. The number of hydrogen-bond acceptors (Lipinski definition) is 8. The second-order valence-electron chi connectivity index (χ2n) is 9.65. The normalized spacial score (nSPS) is 16.0. The Balaban J connectivity index is 1.37. The van der Waals surface area contributed by atoms with Gasteiger partial charge in [0.05, 0.1) is 11.6 Å². The van der Waals surface area contributed by atoms with Crippen molar-refractivity contribution in [1.82, 2.24) is 10.2 Å². The molecule has 214 valence electrons. The zero-order chi connectivity index (χ0) is 29.8. The van der Waals surface area contributed by atoms with Crippen molar-refractivity contribution in [2.75, 3.05) is 4.90 Å². The van der Waals surface area contributed by atoms with Crippen LogP contribution in [-0.4, -0.2) is 27.0 Å². The molecule has 4 aromatic carbocycles. The number of aliphatic hydroxyl groups is 1.